The number of ether oxygens (including phenoxy) is 2. The summed E-state index contributed by atoms with van der Waals surface area (Å²) in [5.74, 6) is 0.371. The Hall–Kier alpha value is -1.64. The van der Waals surface area contributed by atoms with Gasteiger partial charge < -0.3 is 14.4 Å². The molecule has 0 atom stereocenters. The maximum absolute atomic E-state index is 13.3. The van der Waals surface area contributed by atoms with Crippen LogP contribution in [0.25, 0.3) is 0 Å². The van der Waals surface area contributed by atoms with Crippen molar-refractivity contribution in [2.75, 3.05) is 33.9 Å². The average molecular weight is 264 g/mol. The van der Waals surface area contributed by atoms with E-state index < -0.39 is 5.41 Å². The molecule has 0 amide bonds. The monoisotopic (exact) mass is 264 g/mol. The summed E-state index contributed by atoms with van der Waals surface area (Å²) in [6.07, 6.45) is 0. The molecule has 1 saturated heterocycles. The smallest absolute Gasteiger partial charge is 0.123 e. The fourth-order valence-electron chi connectivity index (χ4n) is 2.27. The number of nitriles is 1. The van der Waals surface area contributed by atoms with Gasteiger partial charge in [-0.2, -0.15) is 5.26 Å². The maximum Gasteiger partial charge on any atom is 0.123 e. The molecule has 1 aliphatic rings. The highest BCUT2D eigenvalue weighted by atomic mass is 19.1. The number of hydrogen-bond donors (Lipinski definition) is 0. The zero-order valence-corrected chi connectivity index (χ0v) is 11.1. The lowest BCUT2D eigenvalue weighted by Gasteiger charge is -2.38. The molecule has 0 saturated carbocycles. The van der Waals surface area contributed by atoms with Crippen LogP contribution in [0.4, 0.5) is 4.39 Å². The van der Waals surface area contributed by atoms with E-state index in [1.807, 2.05) is 11.9 Å². The molecule has 0 radical (unpaired) electrons. The molecule has 2 rings (SSSR count). The van der Waals surface area contributed by atoms with Crippen LogP contribution in [0.1, 0.15) is 5.56 Å². The first-order valence-corrected chi connectivity index (χ1v) is 6.08. The van der Waals surface area contributed by atoms with E-state index in [4.69, 9.17) is 14.7 Å². The van der Waals surface area contributed by atoms with Gasteiger partial charge in [0.2, 0.25) is 0 Å². The molecule has 1 fully saturated rings. The first-order valence-electron chi connectivity index (χ1n) is 6.08. The Morgan fingerprint density at radius 3 is 2.79 bits per heavy atom. The molecule has 0 bridgehead atoms. The topological polar surface area (TPSA) is 45.5 Å². The van der Waals surface area contributed by atoms with Gasteiger partial charge in [0, 0.05) is 18.7 Å². The predicted octanol–water partition coefficient (Wildman–Crippen LogP) is 1.81. The molecule has 1 aliphatic heterocycles. The lowest BCUT2D eigenvalue weighted by atomic mass is 9.87. The van der Waals surface area contributed by atoms with Gasteiger partial charge in [-0.25, -0.2) is 4.39 Å². The number of halogens is 1. The summed E-state index contributed by atoms with van der Waals surface area (Å²) in [7, 11) is 3.47. The summed E-state index contributed by atoms with van der Waals surface area (Å²) in [5, 5.41) is 9.16. The van der Waals surface area contributed by atoms with Gasteiger partial charge in [-0.1, -0.05) is 0 Å². The van der Waals surface area contributed by atoms with E-state index in [1.165, 1.54) is 12.1 Å². The van der Waals surface area contributed by atoms with E-state index in [0.717, 1.165) is 5.56 Å². The highest BCUT2D eigenvalue weighted by Gasteiger charge is 2.39. The molecule has 0 aliphatic carbocycles. The minimum Gasteiger partial charge on any atom is -0.496 e. The normalized spacial score (nSPS) is 16.8. The maximum atomic E-state index is 13.3. The van der Waals surface area contributed by atoms with Crippen LogP contribution in [0.3, 0.4) is 0 Å². The molecule has 102 valence electrons. The predicted molar refractivity (Wildman–Crippen MR) is 68.2 cm³/mol. The summed E-state index contributed by atoms with van der Waals surface area (Å²) in [6.45, 7) is 2.07. The highest BCUT2D eigenvalue weighted by Crippen LogP contribution is 2.28. The number of rotatable bonds is 5. The highest BCUT2D eigenvalue weighted by molar-refractivity contribution is 5.33. The van der Waals surface area contributed by atoms with Gasteiger partial charge in [0.05, 0.1) is 26.4 Å². The molecule has 0 N–H and O–H groups in total. The van der Waals surface area contributed by atoms with Crippen LogP contribution in [0.5, 0.6) is 5.75 Å². The Morgan fingerprint density at radius 1 is 1.53 bits per heavy atom. The Labute approximate surface area is 112 Å². The largest absolute Gasteiger partial charge is 0.496 e. The second kappa shape index (κ2) is 5.55. The Bertz CT molecular complexity index is 495. The average Bonchev–Trinajstić information content (AvgIpc) is 2.34. The Kier molecular flexibility index (Phi) is 4.03. The van der Waals surface area contributed by atoms with Crippen molar-refractivity contribution in [2.45, 2.75) is 6.54 Å². The molecular formula is C14H17FN2O2. The Balaban J connectivity index is 2.04. The first-order chi connectivity index (χ1) is 9.08. The number of benzene rings is 1. The van der Waals surface area contributed by atoms with E-state index in [0.29, 0.717) is 32.1 Å². The van der Waals surface area contributed by atoms with Crippen molar-refractivity contribution in [1.82, 2.24) is 4.90 Å². The van der Waals surface area contributed by atoms with Crippen LogP contribution in [-0.4, -0.2) is 38.8 Å². The van der Waals surface area contributed by atoms with E-state index in [-0.39, 0.29) is 5.82 Å². The third kappa shape index (κ3) is 3.03. The van der Waals surface area contributed by atoms with Crippen LogP contribution >= 0.6 is 0 Å². The summed E-state index contributed by atoms with van der Waals surface area (Å²) >= 11 is 0. The lowest BCUT2D eigenvalue weighted by molar-refractivity contribution is -0.0896. The summed E-state index contributed by atoms with van der Waals surface area (Å²) in [4.78, 5) is 1.99. The van der Waals surface area contributed by atoms with Gasteiger partial charge in [-0.3, -0.25) is 0 Å². The van der Waals surface area contributed by atoms with Crippen molar-refractivity contribution < 1.29 is 13.9 Å². The minimum atomic E-state index is -0.421. The number of methoxy groups -OCH3 is 1. The Morgan fingerprint density at radius 2 is 2.26 bits per heavy atom. The van der Waals surface area contributed by atoms with Crippen molar-refractivity contribution in [2.24, 2.45) is 5.41 Å². The zero-order chi connectivity index (χ0) is 13.9. The second-order valence-corrected chi connectivity index (χ2v) is 5.01. The van der Waals surface area contributed by atoms with Crippen molar-refractivity contribution in [3.05, 3.63) is 29.6 Å². The molecule has 0 unspecified atom stereocenters. The second-order valence-electron chi connectivity index (χ2n) is 5.01. The molecule has 1 heterocycles. The van der Waals surface area contributed by atoms with E-state index in [2.05, 4.69) is 6.07 Å². The van der Waals surface area contributed by atoms with E-state index >= 15 is 0 Å². The van der Waals surface area contributed by atoms with Crippen molar-refractivity contribution in [3.8, 4) is 11.8 Å². The standard InChI is InChI=1S/C14H17FN2O2/c1-17(8-14(7-16)9-19-10-14)6-11-5-12(15)3-4-13(11)18-2/h3-5H,6,8-10H2,1-2H3. The fraction of sp³-hybridized carbons (Fsp3) is 0.500. The van der Waals surface area contributed by atoms with Gasteiger partial charge in [0.1, 0.15) is 17.0 Å². The van der Waals surface area contributed by atoms with Crippen LogP contribution in [0.2, 0.25) is 0 Å². The number of hydrogen-bond acceptors (Lipinski definition) is 4. The molecular weight excluding hydrogens is 247 g/mol. The molecule has 0 spiro atoms. The van der Waals surface area contributed by atoms with Crippen LogP contribution in [-0.2, 0) is 11.3 Å². The molecule has 1 aromatic rings. The van der Waals surface area contributed by atoms with Gasteiger partial charge in [-0.15, -0.1) is 0 Å². The van der Waals surface area contributed by atoms with Crippen molar-refractivity contribution in [1.29, 1.82) is 5.26 Å². The third-order valence-electron chi connectivity index (χ3n) is 3.25. The van der Waals surface area contributed by atoms with Crippen molar-refractivity contribution >= 4 is 0 Å². The molecule has 0 aromatic heterocycles. The van der Waals surface area contributed by atoms with E-state index in [1.54, 1.807) is 13.2 Å². The van der Waals surface area contributed by atoms with E-state index in [9.17, 15) is 4.39 Å². The van der Waals surface area contributed by atoms with Gasteiger partial charge >= 0.3 is 0 Å². The zero-order valence-electron chi connectivity index (χ0n) is 11.1. The molecule has 5 heteroatoms. The fourth-order valence-corrected chi connectivity index (χ4v) is 2.27. The molecule has 4 nitrogen and oxygen atoms in total. The third-order valence-corrected chi connectivity index (χ3v) is 3.25. The summed E-state index contributed by atoms with van der Waals surface area (Å²) in [5.41, 5.74) is 0.355. The summed E-state index contributed by atoms with van der Waals surface area (Å²) < 4.78 is 23.6. The van der Waals surface area contributed by atoms with Crippen LogP contribution in [0, 0.1) is 22.6 Å². The molecule has 1 aromatic carbocycles. The van der Waals surface area contributed by atoms with Gasteiger partial charge in [0.25, 0.3) is 0 Å². The van der Waals surface area contributed by atoms with Crippen molar-refractivity contribution in [3.63, 3.8) is 0 Å². The summed E-state index contributed by atoms with van der Waals surface area (Å²) in [6, 6.07) is 6.75. The first kappa shape index (κ1) is 13.8. The van der Waals surface area contributed by atoms with Crippen LogP contribution in [0.15, 0.2) is 18.2 Å². The quantitative estimate of drug-likeness (QED) is 0.813. The lowest BCUT2D eigenvalue weighted by Crippen LogP contribution is -2.48. The minimum absolute atomic E-state index is 0.286. The molecule has 19 heavy (non-hydrogen) atoms. The number of nitrogens with zero attached hydrogens (tertiary/aromatic N) is 2. The SMILES string of the molecule is COc1ccc(F)cc1CN(C)CC1(C#N)COC1. The van der Waals surface area contributed by atoms with Gasteiger partial charge in [0.15, 0.2) is 0 Å². The van der Waals surface area contributed by atoms with Crippen LogP contribution < -0.4 is 4.74 Å². The van der Waals surface area contributed by atoms with Gasteiger partial charge in [-0.05, 0) is 25.2 Å².